The van der Waals surface area contributed by atoms with E-state index in [1.165, 1.54) is 11.8 Å². The molecule has 1 rings (SSSR count). The van der Waals surface area contributed by atoms with Crippen molar-refractivity contribution in [3.05, 3.63) is 0 Å². The molecule has 1 saturated heterocycles. The zero-order valence-corrected chi connectivity index (χ0v) is 6.76. The molecule has 0 bridgehead atoms. The molecule has 1 aliphatic heterocycles. The second kappa shape index (κ2) is 2.97. The fourth-order valence-corrected chi connectivity index (χ4v) is 1.25. The molecule has 0 radical (unpaired) electrons. The summed E-state index contributed by atoms with van der Waals surface area (Å²) in [5.41, 5.74) is 0. The molecule has 0 aliphatic carbocycles. The number of halogens is 2. The van der Waals surface area contributed by atoms with Crippen LogP contribution in [0.1, 0.15) is 13.3 Å². The van der Waals surface area contributed by atoms with E-state index in [-0.39, 0.29) is 13.0 Å². The summed E-state index contributed by atoms with van der Waals surface area (Å²) in [6.45, 7) is 1.16. The Balaban J connectivity index is 2.52. The van der Waals surface area contributed by atoms with Crippen LogP contribution in [0.15, 0.2) is 0 Å². The molecule has 1 atom stereocenters. The van der Waals surface area contributed by atoms with E-state index in [9.17, 15) is 13.6 Å². The quantitative estimate of drug-likeness (QED) is 0.681. The van der Waals surface area contributed by atoms with Crippen molar-refractivity contribution in [3.63, 3.8) is 0 Å². The second-order valence-corrected chi connectivity index (χ2v) is 3.09. The first-order chi connectivity index (χ1) is 5.42. The highest BCUT2D eigenvalue weighted by molar-refractivity contribution is 5.72. The first-order valence-electron chi connectivity index (χ1n) is 3.77. The minimum absolute atomic E-state index is 0.167. The zero-order valence-electron chi connectivity index (χ0n) is 6.76. The molecular formula is C7H11F2NO2. The zero-order chi connectivity index (χ0) is 9.35. The van der Waals surface area contributed by atoms with Crippen LogP contribution in [0.25, 0.3) is 0 Å². The first-order valence-corrected chi connectivity index (χ1v) is 3.77. The Labute approximate surface area is 69.0 Å². The molecule has 0 amide bonds. The van der Waals surface area contributed by atoms with Crippen LogP contribution in [-0.4, -0.2) is 41.0 Å². The van der Waals surface area contributed by atoms with Crippen LogP contribution < -0.4 is 0 Å². The molecule has 0 spiro atoms. The molecule has 1 heterocycles. The summed E-state index contributed by atoms with van der Waals surface area (Å²) in [4.78, 5) is 11.7. The van der Waals surface area contributed by atoms with Gasteiger partial charge in [-0.15, -0.1) is 0 Å². The van der Waals surface area contributed by atoms with Gasteiger partial charge in [-0.05, 0) is 6.92 Å². The molecular weight excluding hydrogens is 168 g/mol. The molecule has 0 saturated carbocycles. The van der Waals surface area contributed by atoms with Gasteiger partial charge in [0, 0.05) is 13.0 Å². The normalized spacial score (nSPS) is 25.6. The predicted octanol–water partition coefficient (Wildman–Crippen LogP) is 0.800. The highest BCUT2D eigenvalue weighted by Gasteiger charge is 2.41. The van der Waals surface area contributed by atoms with Crippen molar-refractivity contribution in [1.29, 1.82) is 0 Å². The Kier molecular flexibility index (Phi) is 2.32. The van der Waals surface area contributed by atoms with Crippen LogP contribution in [0.4, 0.5) is 8.78 Å². The predicted molar refractivity (Wildman–Crippen MR) is 38.2 cm³/mol. The van der Waals surface area contributed by atoms with Gasteiger partial charge >= 0.3 is 5.97 Å². The van der Waals surface area contributed by atoms with E-state index in [0.717, 1.165) is 0 Å². The summed E-state index contributed by atoms with van der Waals surface area (Å²) in [5.74, 6) is -3.75. The van der Waals surface area contributed by atoms with E-state index in [1.807, 2.05) is 0 Å². The molecule has 3 nitrogen and oxygen atoms in total. The van der Waals surface area contributed by atoms with Gasteiger partial charge < -0.3 is 5.11 Å². The average Bonchev–Trinajstić information content (AvgIpc) is 2.28. The number of rotatable bonds is 2. The first kappa shape index (κ1) is 9.38. The summed E-state index contributed by atoms with van der Waals surface area (Å²) < 4.78 is 25.2. The number of nitrogens with zero attached hydrogens (tertiary/aromatic N) is 1. The van der Waals surface area contributed by atoms with Crippen LogP contribution in [0.5, 0.6) is 0 Å². The van der Waals surface area contributed by atoms with Crippen molar-refractivity contribution in [1.82, 2.24) is 4.90 Å². The number of carbonyl (C=O) groups is 1. The number of hydrogen-bond acceptors (Lipinski definition) is 2. The van der Waals surface area contributed by atoms with Crippen molar-refractivity contribution in [2.24, 2.45) is 0 Å². The van der Waals surface area contributed by atoms with Crippen LogP contribution >= 0.6 is 0 Å². The molecule has 1 aliphatic rings. The molecule has 0 aromatic heterocycles. The van der Waals surface area contributed by atoms with Crippen LogP contribution in [0, 0.1) is 0 Å². The Morgan fingerprint density at radius 1 is 1.67 bits per heavy atom. The molecule has 0 aromatic carbocycles. The number of alkyl halides is 2. The SMILES string of the molecule is CC(C(=O)O)N1CCC(F)(F)C1. The molecule has 1 unspecified atom stereocenters. The van der Waals surface area contributed by atoms with Crippen molar-refractivity contribution in [2.45, 2.75) is 25.3 Å². The Morgan fingerprint density at radius 3 is 2.58 bits per heavy atom. The van der Waals surface area contributed by atoms with Gasteiger partial charge in [0.2, 0.25) is 0 Å². The van der Waals surface area contributed by atoms with Gasteiger partial charge in [0.25, 0.3) is 5.92 Å². The third-order valence-electron chi connectivity index (χ3n) is 2.10. The van der Waals surface area contributed by atoms with Crippen molar-refractivity contribution in [3.8, 4) is 0 Å². The number of aliphatic carboxylic acids is 1. The smallest absolute Gasteiger partial charge is 0.320 e. The van der Waals surface area contributed by atoms with Crippen molar-refractivity contribution < 1.29 is 18.7 Å². The van der Waals surface area contributed by atoms with Gasteiger partial charge in [-0.1, -0.05) is 0 Å². The molecule has 12 heavy (non-hydrogen) atoms. The minimum atomic E-state index is -2.70. The van der Waals surface area contributed by atoms with E-state index >= 15 is 0 Å². The van der Waals surface area contributed by atoms with Gasteiger partial charge in [-0.2, -0.15) is 0 Å². The number of likely N-dealkylation sites (tertiary alicyclic amines) is 1. The Morgan fingerprint density at radius 2 is 2.25 bits per heavy atom. The number of carboxylic acids is 1. The van der Waals surface area contributed by atoms with Gasteiger partial charge in [0.1, 0.15) is 6.04 Å². The lowest BCUT2D eigenvalue weighted by Gasteiger charge is -2.19. The summed E-state index contributed by atoms with van der Waals surface area (Å²) >= 11 is 0. The molecule has 0 aromatic rings. The topological polar surface area (TPSA) is 40.5 Å². The average molecular weight is 179 g/mol. The summed E-state index contributed by atoms with van der Waals surface area (Å²) in [6.07, 6.45) is -0.232. The van der Waals surface area contributed by atoms with E-state index in [4.69, 9.17) is 5.11 Å². The third-order valence-corrected chi connectivity index (χ3v) is 2.10. The number of carboxylic acid groups (broad SMARTS) is 1. The lowest BCUT2D eigenvalue weighted by Crippen LogP contribution is -2.38. The summed E-state index contributed by atoms with van der Waals surface area (Å²) in [6, 6.07) is -0.807. The fourth-order valence-electron chi connectivity index (χ4n) is 1.25. The lowest BCUT2D eigenvalue weighted by molar-refractivity contribution is -0.142. The highest BCUT2D eigenvalue weighted by Crippen LogP contribution is 2.27. The fraction of sp³-hybridized carbons (Fsp3) is 0.857. The van der Waals surface area contributed by atoms with Gasteiger partial charge in [-0.25, -0.2) is 8.78 Å². The third kappa shape index (κ3) is 1.91. The van der Waals surface area contributed by atoms with E-state index in [0.29, 0.717) is 0 Å². The standard InChI is InChI=1S/C7H11F2NO2/c1-5(6(11)12)10-3-2-7(8,9)4-10/h5H,2-4H2,1H3,(H,11,12). The van der Waals surface area contributed by atoms with Crippen molar-refractivity contribution >= 4 is 5.97 Å². The largest absolute Gasteiger partial charge is 0.480 e. The molecule has 5 heteroatoms. The van der Waals surface area contributed by atoms with Gasteiger partial charge in [0.15, 0.2) is 0 Å². The molecule has 1 N–H and O–H groups in total. The maximum atomic E-state index is 12.6. The lowest BCUT2D eigenvalue weighted by atomic mass is 10.3. The summed E-state index contributed by atoms with van der Waals surface area (Å²) in [5, 5.41) is 8.53. The summed E-state index contributed by atoms with van der Waals surface area (Å²) in [7, 11) is 0. The van der Waals surface area contributed by atoms with Gasteiger partial charge in [-0.3, -0.25) is 9.69 Å². The Hall–Kier alpha value is -0.710. The Bertz CT molecular complexity index is 196. The molecule has 70 valence electrons. The van der Waals surface area contributed by atoms with Crippen LogP contribution in [0.2, 0.25) is 0 Å². The van der Waals surface area contributed by atoms with Gasteiger partial charge in [0.05, 0.1) is 6.54 Å². The van der Waals surface area contributed by atoms with E-state index in [2.05, 4.69) is 0 Å². The second-order valence-electron chi connectivity index (χ2n) is 3.09. The van der Waals surface area contributed by atoms with Crippen molar-refractivity contribution in [2.75, 3.05) is 13.1 Å². The monoisotopic (exact) mass is 179 g/mol. The minimum Gasteiger partial charge on any atom is -0.480 e. The molecule has 1 fully saturated rings. The maximum Gasteiger partial charge on any atom is 0.320 e. The maximum absolute atomic E-state index is 12.6. The van der Waals surface area contributed by atoms with Crippen LogP contribution in [-0.2, 0) is 4.79 Å². The highest BCUT2D eigenvalue weighted by atomic mass is 19.3. The van der Waals surface area contributed by atoms with E-state index < -0.39 is 24.5 Å². The number of hydrogen-bond donors (Lipinski definition) is 1. The van der Waals surface area contributed by atoms with Crippen LogP contribution in [0.3, 0.4) is 0 Å². The van der Waals surface area contributed by atoms with E-state index in [1.54, 1.807) is 0 Å².